The SMILES string of the molecule is CCNc1ncc(Cl)c(NCCCS(C)=O)n1. The minimum Gasteiger partial charge on any atom is -0.369 e. The Morgan fingerprint density at radius 2 is 2.24 bits per heavy atom. The summed E-state index contributed by atoms with van der Waals surface area (Å²) in [7, 11) is -0.754. The molecule has 2 N–H and O–H groups in total. The second-order valence-electron chi connectivity index (χ2n) is 3.48. The Bertz CT molecular complexity index is 389. The Balaban J connectivity index is 2.51. The first-order chi connectivity index (χ1) is 8.13. The first kappa shape index (κ1) is 14.2. The minimum absolute atomic E-state index is 0.490. The van der Waals surface area contributed by atoms with Gasteiger partial charge in [-0.05, 0) is 13.3 Å². The molecule has 96 valence electrons. The van der Waals surface area contributed by atoms with Gasteiger partial charge in [0.25, 0.3) is 0 Å². The quantitative estimate of drug-likeness (QED) is 0.743. The smallest absolute Gasteiger partial charge is 0.224 e. The van der Waals surface area contributed by atoms with Crippen molar-refractivity contribution in [2.45, 2.75) is 13.3 Å². The first-order valence-corrected chi connectivity index (χ1v) is 7.54. The Kier molecular flexibility index (Phi) is 6.21. The van der Waals surface area contributed by atoms with Crippen LogP contribution >= 0.6 is 11.6 Å². The average Bonchev–Trinajstić information content (AvgIpc) is 2.28. The van der Waals surface area contributed by atoms with Crippen LogP contribution in [-0.2, 0) is 10.8 Å². The summed E-state index contributed by atoms with van der Waals surface area (Å²) < 4.78 is 10.9. The molecule has 1 aromatic rings. The standard InChI is InChI=1S/C10H17ClN4OS/c1-3-12-10-14-7-8(11)9(15-10)13-5-4-6-17(2)16/h7H,3-6H2,1-2H3,(H2,12,13,14,15). The normalized spacial score (nSPS) is 12.2. The van der Waals surface area contributed by atoms with Crippen molar-refractivity contribution < 1.29 is 4.21 Å². The highest BCUT2D eigenvalue weighted by molar-refractivity contribution is 7.84. The van der Waals surface area contributed by atoms with Crippen molar-refractivity contribution in [3.8, 4) is 0 Å². The van der Waals surface area contributed by atoms with E-state index in [0.717, 1.165) is 13.0 Å². The van der Waals surface area contributed by atoms with E-state index in [-0.39, 0.29) is 0 Å². The van der Waals surface area contributed by atoms with Crippen LogP contribution in [-0.4, -0.2) is 39.3 Å². The van der Waals surface area contributed by atoms with Gasteiger partial charge in [0.15, 0.2) is 0 Å². The predicted molar refractivity (Wildman–Crippen MR) is 73.2 cm³/mol. The molecule has 17 heavy (non-hydrogen) atoms. The van der Waals surface area contributed by atoms with Crippen LogP contribution in [0.1, 0.15) is 13.3 Å². The van der Waals surface area contributed by atoms with Crippen molar-refractivity contribution in [3.05, 3.63) is 11.2 Å². The zero-order valence-electron chi connectivity index (χ0n) is 9.99. The molecule has 0 amide bonds. The number of hydrogen-bond acceptors (Lipinski definition) is 5. The van der Waals surface area contributed by atoms with Crippen LogP contribution in [0.3, 0.4) is 0 Å². The summed E-state index contributed by atoms with van der Waals surface area (Å²) in [5.41, 5.74) is 0. The molecule has 1 heterocycles. The fourth-order valence-electron chi connectivity index (χ4n) is 1.22. The Labute approximate surface area is 109 Å². The number of rotatable bonds is 7. The third-order valence-corrected chi connectivity index (χ3v) is 3.12. The summed E-state index contributed by atoms with van der Waals surface area (Å²) in [4.78, 5) is 8.28. The average molecular weight is 277 g/mol. The highest BCUT2D eigenvalue weighted by Gasteiger charge is 2.04. The van der Waals surface area contributed by atoms with E-state index in [9.17, 15) is 4.21 Å². The predicted octanol–water partition coefficient (Wildman–Crippen LogP) is 1.74. The van der Waals surface area contributed by atoms with Gasteiger partial charge in [-0.25, -0.2) is 4.98 Å². The lowest BCUT2D eigenvalue weighted by atomic mass is 10.4. The maximum absolute atomic E-state index is 10.9. The van der Waals surface area contributed by atoms with Crippen LogP contribution in [0.4, 0.5) is 11.8 Å². The van der Waals surface area contributed by atoms with E-state index in [2.05, 4.69) is 20.6 Å². The van der Waals surface area contributed by atoms with Crippen molar-refractivity contribution >= 4 is 34.2 Å². The molecule has 0 aliphatic carbocycles. The molecule has 0 bridgehead atoms. The zero-order valence-corrected chi connectivity index (χ0v) is 11.6. The van der Waals surface area contributed by atoms with Crippen LogP contribution in [0.15, 0.2) is 6.20 Å². The fourth-order valence-corrected chi connectivity index (χ4v) is 1.93. The first-order valence-electron chi connectivity index (χ1n) is 5.43. The third kappa shape index (κ3) is 5.32. The largest absolute Gasteiger partial charge is 0.369 e. The van der Waals surface area contributed by atoms with E-state index in [1.165, 1.54) is 0 Å². The van der Waals surface area contributed by atoms with Crippen LogP contribution in [0.25, 0.3) is 0 Å². The summed E-state index contributed by atoms with van der Waals surface area (Å²) in [6.07, 6.45) is 4.08. The second kappa shape index (κ2) is 7.45. The molecule has 0 aliphatic rings. The van der Waals surface area contributed by atoms with Gasteiger partial charge in [-0.3, -0.25) is 4.21 Å². The second-order valence-corrected chi connectivity index (χ2v) is 5.44. The summed E-state index contributed by atoms with van der Waals surface area (Å²) in [5, 5.41) is 6.61. The topological polar surface area (TPSA) is 66.9 Å². The van der Waals surface area contributed by atoms with E-state index in [1.54, 1.807) is 12.5 Å². The highest BCUT2D eigenvalue weighted by atomic mass is 35.5. The lowest BCUT2D eigenvalue weighted by molar-refractivity contribution is 0.685. The molecule has 1 unspecified atom stereocenters. The monoisotopic (exact) mass is 276 g/mol. The lowest BCUT2D eigenvalue weighted by Gasteiger charge is -2.08. The number of hydrogen-bond donors (Lipinski definition) is 2. The van der Waals surface area contributed by atoms with Gasteiger partial charge < -0.3 is 10.6 Å². The number of anilines is 2. The molecule has 0 spiro atoms. The Morgan fingerprint density at radius 3 is 2.88 bits per heavy atom. The molecule has 1 atom stereocenters. The summed E-state index contributed by atoms with van der Waals surface area (Å²) >= 11 is 5.96. The molecule has 1 rings (SSSR count). The number of nitrogens with one attached hydrogen (secondary N) is 2. The van der Waals surface area contributed by atoms with Crippen LogP contribution < -0.4 is 10.6 Å². The van der Waals surface area contributed by atoms with Crippen molar-refractivity contribution in [1.29, 1.82) is 0 Å². The molecule has 0 saturated heterocycles. The van der Waals surface area contributed by atoms with Gasteiger partial charge in [-0.1, -0.05) is 11.6 Å². The van der Waals surface area contributed by atoms with Gasteiger partial charge in [0.1, 0.15) is 10.8 Å². The van der Waals surface area contributed by atoms with Crippen LogP contribution in [0, 0.1) is 0 Å². The Morgan fingerprint density at radius 1 is 1.47 bits per heavy atom. The number of halogens is 1. The van der Waals surface area contributed by atoms with Gasteiger partial charge in [0.05, 0.1) is 6.20 Å². The van der Waals surface area contributed by atoms with Gasteiger partial charge >= 0.3 is 0 Å². The minimum atomic E-state index is -0.754. The number of aromatic nitrogens is 2. The molecular formula is C10H17ClN4OS. The molecule has 5 nitrogen and oxygen atoms in total. The molecule has 0 fully saturated rings. The molecule has 7 heteroatoms. The van der Waals surface area contributed by atoms with E-state index in [1.807, 2.05) is 6.92 Å². The van der Waals surface area contributed by atoms with Crippen molar-refractivity contribution in [3.63, 3.8) is 0 Å². The third-order valence-electron chi connectivity index (χ3n) is 1.98. The lowest BCUT2D eigenvalue weighted by Crippen LogP contribution is -2.10. The van der Waals surface area contributed by atoms with Gasteiger partial charge in [0, 0.05) is 35.9 Å². The van der Waals surface area contributed by atoms with E-state index in [4.69, 9.17) is 11.6 Å². The molecule has 0 radical (unpaired) electrons. The maximum Gasteiger partial charge on any atom is 0.224 e. The highest BCUT2D eigenvalue weighted by Crippen LogP contribution is 2.19. The van der Waals surface area contributed by atoms with E-state index >= 15 is 0 Å². The Hall–Kier alpha value is -0.880. The summed E-state index contributed by atoms with van der Waals surface area (Å²) in [6.45, 7) is 3.43. The molecule has 1 aromatic heterocycles. The molecule has 0 aliphatic heterocycles. The van der Waals surface area contributed by atoms with Crippen molar-refractivity contribution in [2.75, 3.05) is 35.7 Å². The van der Waals surface area contributed by atoms with Gasteiger partial charge in [-0.2, -0.15) is 4.98 Å². The fraction of sp³-hybridized carbons (Fsp3) is 0.600. The van der Waals surface area contributed by atoms with Crippen molar-refractivity contribution in [2.24, 2.45) is 0 Å². The van der Waals surface area contributed by atoms with Crippen molar-refractivity contribution in [1.82, 2.24) is 9.97 Å². The summed E-state index contributed by atoms with van der Waals surface area (Å²) in [6, 6.07) is 0. The van der Waals surface area contributed by atoms with E-state index in [0.29, 0.717) is 29.1 Å². The zero-order chi connectivity index (χ0) is 12.7. The summed E-state index contributed by atoms with van der Waals surface area (Å²) in [5.74, 6) is 1.84. The molecule has 0 aromatic carbocycles. The van der Waals surface area contributed by atoms with E-state index < -0.39 is 10.8 Å². The number of nitrogens with zero attached hydrogens (tertiary/aromatic N) is 2. The molecule has 0 saturated carbocycles. The van der Waals surface area contributed by atoms with Crippen LogP contribution in [0.5, 0.6) is 0 Å². The van der Waals surface area contributed by atoms with Gasteiger partial charge in [0.2, 0.25) is 5.95 Å². The molecular weight excluding hydrogens is 260 g/mol. The maximum atomic E-state index is 10.9. The van der Waals surface area contributed by atoms with Crippen LogP contribution in [0.2, 0.25) is 5.02 Å². The van der Waals surface area contributed by atoms with Gasteiger partial charge in [-0.15, -0.1) is 0 Å².